The molecule has 0 atom stereocenters. The van der Waals surface area contributed by atoms with Crippen LogP contribution >= 0.6 is 0 Å². The van der Waals surface area contributed by atoms with Crippen molar-refractivity contribution in [3.8, 4) is 22.6 Å². The smallest absolute Gasteiger partial charge is 0.427 e. The molecule has 0 N–H and O–H groups in total. The molecule has 0 amide bonds. The molecule has 2 aromatic heterocycles. The highest BCUT2D eigenvalue weighted by atomic mass is 19.1. The maximum Gasteiger partial charge on any atom is 0.528 e. The van der Waals surface area contributed by atoms with Gasteiger partial charge in [-0.2, -0.15) is 10.1 Å². The molecule has 4 aromatic rings. The number of hydroxylamine groups is 2. The van der Waals surface area contributed by atoms with Gasteiger partial charge in [-0.05, 0) is 63.4 Å². The Kier molecular flexibility index (Phi) is 8.53. The summed E-state index contributed by atoms with van der Waals surface area (Å²) in [6.07, 6.45) is 0.684. The first-order valence-electron chi connectivity index (χ1n) is 13.8. The lowest BCUT2D eigenvalue weighted by molar-refractivity contribution is -0.152. The van der Waals surface area contributed by atoms with Gasteiger partial charge in [0.25, 0.3) is 5.56 Å². The van der Waals surface area contributed by atoms with Crippen molar-refractivity contribution in [1.82, 2.24) is 25.0 Å². The number of ether oxygens (including phenoxy) is 1. The first kappa shape index (κ1) is 29.8. The third kappa shape index (κ3) is 7.60. The van der Waals surface area contributed by atoms with E-state index in [1.54, 1.807) is 25.8 Å². The number of nitrogens with zero attached hydrogens (tertiary/aromatic N) is 6. The number of aromatic nitrogens is 4. The summed E-state index contributed by atoms with van der Waals surface area (Å²) in [7, 11) is 1.87. The minimum atomic E-state index is -0.731. The molecule has 2 aromatic carbocycles. The van der Waals surface area contributed by atoms with Crippen LogP contribution in [0.4, 0.5) is 19.6 Å². The highest BCUT2D eigenvalue weighted by Gasteiger charge is 2.29. The number of rotatable bonds is 7. The van der Waals surface area contributed by atoms with Crippen LogP contribution in [0.15, 0.2) is 63.9 Å². The Morgan fingerprint density at radius 2 is 1.77 bits per heavy atom. The summed E-state index contributed by atoms with van der Waals surface area (Å²) in [5.41, 5.74) is 0.921. The van der Waals surface area contributed by atoms with Crippen molar-refractivity contribution in [3.05, 3.63) is 82.1 Å². The molecule has 0 bridgehead atoms. The van der Waals surface area contributed by atoms with E-state index in [1.165, 1.54) is 16.8 Å². The van der Waals surface area contributed by atoms with Gasteiger partial charge in [-0.1, -0.05) is 23.4 Å². The molecule has 0 saturated carbocycles. The predicted molar refractivity (Wildman–Crippen MR) is 153 cm³/mol. The van der Waals surface area contributed by atoms with Crippen LogP contribution in [-0.2, 0) is 16.1 Å². The molecule has 1 aliphatic rings. The van der Waals surface area contributed by atoms with Crippen LogP contribution in [0.1, 0.15) is 39.2 Å². The first-order chi connectivity index (χ1) is 20.4. The van der Waals surface area contributed by atoms with Crippen molar-refractivity contribution in [1.29, 1.82) is 0 Å². The second-order valence-electron chi connectivity index (χ2n) is 11.3. The van der Waals surface area contributed by atoms with E-state index < -0.39 is 23.4 Å². The normalized spacial score (nSPS) is 14.5. The molecule has 1 aliphatic heterocycles. The lowest BCUT2D eigenvalue weighted by Crippen LogP contribution is -2.44. The average molecular weight is 595 g/mol. The van der Waals surface area contributed by atoms with E-state index in [9.17, 15) is 18.4 Å². The van der Waals surface area contributed by atoms with Gasteiger partial charge >= 0.3 is 12.2 Å². The summed E-state index contributed by atoms with van der Waals surface area (Å²) < 4.78 is 39.5. The van der Waals surface area contributed by atoms with Crippen LogP contribution in [0.25, 0.3) is 22.6 Å². The van der Waals surface area contributed by atoms with Crippen molar-refractivity contribution in [2.24, 2.45) is 0 Å². The van der Waals surface area contributed by atoms with Crippen molar-refractivity contribution < 1.29 is 27.7 Å². The van der Waals surface area contributed by atoms with Gasteiger partial charge in [-0.25, -0.2) is 18.3 Å². The topological polar surface area (TPSA) is 116 Å². The largest absolute Gasteiger partial charge is 0.528 e. The van der Waals surface area contributed by atoms with E-state index in [4.69, 9.17) is 14.1 Å². The Morgan fingerprint density at radius 3 is 2.47 bits per heavy atom. The molecular formula is C30H32F2N6O5. The Hall–Kier alpha value is -4.65. The van der Waals surface area contributed by atoms with Crippen LogP contribution in [0, 0.1) is 11.6 Å². The zero-order chi connectivity index (χ0) is 30.7. The number of carbonyl (C=O) groups excluding carboxylic acids is 1. The third-order valence-corrected chi connectivity index (χ3v) is 6.82. The van der Waals surface area contributed by atoms with Gasteiger partial charge in [0, 0.05) is 49.4 Å². The molecule has 5 rings (SSSR count). The molecule has 11 nitrogen and oxygen atoms in total. The van der Waals surface area contributed by atoms with Crippen LogP contribution in [0.2, 0.25) is 0 Å². The van der Waals surface area contributed by atoms with Gasteiger partial charge in [-0.3, -0.25) is 4.79 Å². The second kappa shape index (κ2) is 12.3. The Labute approximate surface area is 246 Å². The molecule has 43 heavy (non-hydrogen) atoms. The fourth-order valence-electron chi connectivity index (χ4n) is 4.73. The molecule has 3 heterocycles. The third-order valence-electron chi connectivity index (χ3n) is 6.82. The fourth-order valence-corrected chi connectivity index (χ4v) is 4.73. The van der Waals surface area contributed by atoms with Crippen molar-refractivity contribution in [2.45, 2.75) is 51.8 Å². The summed E-state index contributed by atoms with van der Waals surface area (Å²) in [5, 5.41) is 10.1. The van der Waals surface area contributed by atoms with E-state index in [0.29, 0.717) is 43.3 Å². The van der Waals surface area contributed by atoms with E-state index in [0.717, 1.165) is 23.8 Å². The maximum atomic E-state index is 13.7. The van der Waals surface area contributed by atoms with Crippen molar-refractivity contribution in [3.63, 3.8) is 0 Å². The Bertz CT molecular complexity index is 1640. The summed E-state index contributed by atoms with van der Waals surface area (Å²) >= 11 is 0. The lowest BCUT2D eigenvalue weighted by atomic mass is 10.1. The molecule has 0 aliphatic carbocycles. The second-order valence-corrected chi connectivity index (χ2v) is 11.3. The minimum Gasteiger partial charge on any atom is -0.427 e. The molecule has 13 heteroatoms. The fraction of sp³-hybridized carbons (Fsp3) is 0.367. The Morgan fingerprint density at radius 1 is 1.05 bits per heavy atom. The van der Waals surface area contributed by atoms with E-state index in [1.807, 2.05) is 36.2 Å². The van der Waals surface area contributed by atoms with Gasteiger partial charge in [0.2, 0.25) is 5.82 Å². The summed E-state index contributed by atoms with van der Waals surface area (Å²) in [6, 6.07) is 13.6. The summed E-state index contributed by atoms with van der Waals surface area (Å²) in [4.78, 5) is 36.3. The number of hydrogen-bond donors (Lipinski definition) is 0. The molecule has 0 spiro atoms. The molecule has 226 valence electrons. The highest BCUT2D eigenvalue weighted by molar-refractivity contribution is 5.60. The number of hydrogen-bond acceptors (Lipinski definition) is 10. The van der Waals surface area contributed by atoms with E-state index in [-0.39, 0.29) is 29.4 Å². The van der Waals surface area contributed by atoms with Crippen LogP contribution in [0.3, 0.4) is 0 Å². The number of piperidine rings is 1. The number of anilines is 1. The van der Waals surface area contributed by atoms with Crippen LogP contribution in [0.5, 0.6) is 0 Å². The minimum absolute atomic E-state index is 0.0925. The lowest BCUT2D eigenvalue weighted by Gasteiger charge is -2.34. The zero-order valence-corrected chi connectivity index (χ0v) is 24.3. The molecule has 0 unspecified atom stereocenters. The SMILES string of the molecule is CN(c1nc(-c2cccc(Cn3nc(-c4cc(F)cc(F)c4)ccc3=O)c2)no1)C1CCN(OC(=O)OC(C)(C)C)CC1. The van der Waals surface area contributed by atoms with Gasteiger partial charge in [0.1, 0.15) is 17.2 Å². The van der Waals surface area contributed by atoms with E-state index >= 15 is 0 Å². The maximum absolute atomic E-state index is 13.7. The molecule has 1 saturated heterocycles. The molecule has 1 fully saturated rings. The summed E-state index contributed by atoms with van der Waals surface area (Å²) in [5.74, 6) is -1.09. The van der Waals surface area contributed by atoms with Gasteiger partial charge in [0.05, 0.1) is 12.2 Å². The van der Waals surface area contributed by atoms with Gasteiger partial charge in [-0.15, -0.1) is 5.06 Å². The highest BCUT2D eigenvalue weighted by Crippen LogP contribution is 2.25. The molecule has 0 radical (unpaired) electrons. The first-order valence-corrected chi connectivity index (χ1v) is 13.8. The van der Waals surface area contributed by atoms with Gasteiger partial charge < -0.3 is 19.0 Å². The predicted octanol–water partition coefficient (Wildman–Crippen LogP) is 5.05. The van der Waals surface area contributed by atoms with Gasteiger partial charge in [0.15, 0.2) is 0 Å². The quantitative estimate of drug-likeness (QED) is 0.269. The van der Waals surface area contributed by atoms with Crippen LogP contribution < -0.4 is 10.5 Å². The Balaban J connectivity index is 1.24. The number of halogens is 2. The standard InChI is InChI=1S/C30H32F2N6O5/c1-30(2,3)41-29(40)43-37-12-10-24(11-13-37)36(4)28-33-27(35-42-28)20-7-5-6-19(14-20)18-38-26(39)9-8-25(34-38)21-15-22(31)17-23(32)16-21/h5-9,14-17,24H,10-13,18H2,1-4H3. The zero-order valence-electron chi connectivity index (χ0n) is 24.3. The molecular weight excluding hydrogens is 562 g/mol. The summed E-state index contributed by atoms with van der Waals surface area (Å²) in [6.45, 7) is 6.51. The van der Waals surface area contributed by atoms with Crippen molar-refractivity contribution in [2.75, 3.05) is 25.0 Å². The average Bonchev–Trinajstić information content (AvgIpc) is 3.43. The van der Waals surface area contributed by atoms with Crippen LogP contribution in [-0.4, -0.2) is 62.9 Å². The number of carbonyl (C=O) groups is 1. The number of benzene rings is 2. The van der Waals surface area contributed by atoms with E-state index in [2.05, 4.69) is 15.2 Å². The van der Waals surface area contributed by atoms with Crippen molar-refractivity contribution >= 4 is 12.2 Å². The monoisotopic (exact) mass is 594 g/mol.